The molecule has 0 atom stereocenters. The Morgan fingerprint density at radius 1 is 1.31 bits per heavy atom. The molecule has 0 amide bonds. The number of rotatable bonds is 4. The number of hydrogen-bond donors (Lipinski definition) is 1. The van der Waals surface area contributed by atoms with Gasteiger partial charge in [0.2, 0.25) is 10.0 Å². The highest BCUT2D eigenvalue weighted by Crippen LogP contribution is 2.39. The van der Waals surface area contributed by atoms with E-state index in [0.29, 0.717) is 5.92 Å². The number of sulfonamides is 1. The second-order valence-corrected chi connectivity index (χ2v) is 6.93. The van der Waals surface area contributed by atoms with Gasteiger partial charge in [-0.1, -0.05) is 0 Å². The molecule has 1 aliphatic carbocycles. The van der Waals surface area contributed by atoms with Crippen LogP contribution in [0.2, 0.25) is 0 Å². The van der Waals surface area contributed by atoms with Crippen molar-refractivity contribution in [2.45, 2.75) is 51.3 Å². The summed E-state index contributed by atoms with van der Waals surface area (Å²) in [7, 11) is -3.11. The third kappa shape index (κ3) is 2.68. The second kappa shape index (κ2) is 3.24. The van der Waals surface area contributed by atoms with E-state index in [1.54, 1.807) is 13.8 Å². The monoisotopic (exact) mass is 205 g/mol. The minimum atomic E-state index is -3.11. The first kappa shape index (κ1) is 11.0. The van der Waals surface area contributed by atoms with Crippen molar-refractivity contribution in [1.82, 2.24) is 4.72 Å². The van der Waals surface area contributed by atoms with Crippen molar-refractivity contribution in [3.8, 4) is 0 Å². The molecule has 0 aliphatic heterocycles. The van der Waals surface area contributed by atoms with Crippen molar-refractivity contribution in [3.05, 3.63) is 0 Å². The van der Waals surface area contributed by atoms with E-state index in [9.17, 15) is 8.42 Å². The fourth-order valence-electron chi connectivity index (χ4n) is 1.37. The summed E-state index contributed by atoms with van der Waals surface area (Å²) in [5.74, 6) is 0.529. The smallest absolute Gasteiger partial charge is 0.212 e. The van der Waals surface area contributed by atoms with Crippen molar-refractivity contribution in [2.75, 3.05) is 0 Å². The Morgan fingerprint density at radius 3 is 2.08 bits per heavy atom. The molecular formula is C9H19NO2S. The third-order valence-electron chi connectivity index (χ3n) is 2.62. The first-order valence-electron chi connectivity index (χ1n) is 4.78. The van der Waals surface area contributed by atoms with Crippen molar-refractivity contribution in [1.29, 1.82) is 0 Å². The molecule has 0 aromatic rings. The highest BCUT2D eigenvalue weighted by molar-refractivity contribution is 7.90. The van der Waals surface area contributed by atoms with Gasteiger partial charge in [-0.3, -0.25) is 0 Å². The van der Waals surface area contributed by atoms with Gasteiger partial charge >= 0.3 is 0 Å². The molecule has 0 aromatic carbocycles. The minimum absolute atomic E-state index is 0.261. The van der Waals surface area contributed by atoms with Gasteiger partial charge in [-0.25, -0.2) is 13.1 Å². The van der Waals surface area contributed by atoms with E-state index >= 15 is 0 Å². The van der Waals surface area contributed by atoms with Crippen LogP contribution in [-0.2, 0) is 10.0 Å². The standard InChI is InChI=1S/C9H19NO2S/c1-7(2)13(11,12)10-9(3,4)8-5-6-8/h7-8,10H,5-6H2,1-4H3. The third-order valence-corrected chi connectivity index (χ3v) is 4.68. The van der Waals surface area contributed by atoms with Gasteiger partial charge < -0.3 is 0 Å². The van der Waals surface area contributed by atoms with Crippen LogP contribution in [0.25, 0.3) is 0 Å². The lowest BCUT2D eigenvalue weighted by atomic mass is 10.0. The Hall–Kier alpha value is -0.0900. The minimum Gasteiger partial charge on any atom is -0.212 e. The molecule has 0 saturated heterocycles. The summed E-state index contributed by atoms with van der Waals surface area (Å²) in [6.07, 6.45) is 2.29. The van der Waals surface area contributed by atoms with Crippen LogP contribution in [-0.4, -0.2) is 19.2 Å². The highest BCUT2D eigenvalue weighted by atomic mass is 32.2. The highest BCUT2D eigenvalue weighted by Gasteiger charge is 2.40. The Morgan fingerprint density at radius 2 is 1.77 bits per heavy atom. The molecule has 1 fully saturated rings. The van der Waals surface area contributed by atoms with Gasteiger partial charge in [0.1, 0.15) is 0 Å². The van der Waals surface area contributed by atoms with E-state index in [0.717, 1.165) is 12.8 Å². The number of hydrogen-bond acceptors (Lipinski definition) is 2. The summed E-state index contributed by atoms with van der Waals surface area (Å²) in [5, 5.41) is -0.342. The molecule has 1 rings (SSSR count). The molecular weight excluding hydrogens is 186 g/mol. The molecule has 0 heterocycles. The zero-order chi connectivity index (χ0) is 10.3. The molecule has 0 bridgehead atoms. The van der Waals surface area contributed by atoms with E-state index in [2.05, 4.69) is 4.72 Å². The van der Waals surface area contributed by atoms with Crippen LogP contribution < -0.4 is 4.72 Å². The molecule has 0 spiro atoms. The lowest BCUT2D eigenvalue weighted by Gasteiger charge is -2.26. The first-order chi connectivity index (χ1) is 5.76. The Bertz CT molecular complexity index is 276. The topological polar surface area (TPSA) is 46.2 Å². The average molecular weight is 205 g/mol. The maximum atomic E-state index is 11.6. The van der Waals surface area contributed by atoms with Gasteiger partial charge in [0.25, 0.3) is 0 Å². The van der Waals surface area contributed by atoms with Crippen LogP contribution in [0.1, 0.15) is 40.5 Å². The fourth-order valence-corrected chi connectivity index (χ4v) is 2.51. The van der Waals surface area contributed by atoms with Crippen LogP contribution in [0.3, 0.4) is 0 Å². The largest absolute Gasteiger partial charge is 0.214 e. The lowest BCUT2D eigenvalue weighted by Crippen LogP contribution is -2.47. The quantitative estimate of drug-likeness (QED) is 0.756. The van der Waals surface area contributed by atoms with E-state index in [1.807, 2.05) is 13.8 Å². The summed E-state index contributed by atoms with van der Waals surface area (Å²) in [6, 6.07) is 0. The van der Waals surface area contributed by atoms with Crippen LogP contribution in [0.15, 0.2) is 0 Å². The molecule has 78 valence electrons. The molecule has 0 aromatic heterocycles. The van der Waals surface area contributed by atoms with Gasteiger partial charge in [0.05, 0.1) is 5.25 Å². The summed E-state index contributed by atoms with van der Waals surface area (Å²) in [6.45, 7) is 7.33. The van der Waals surface area contributed by atoms with Crippen LogP contribution in [0, 0.1) is 5.92 Å². The van der Waals surface area contributed by atoms with Crippen LogP contribution >= 0.6 is 0 Å². The molecule has 1 saturated carbocycles. The normalized spacial score (nSPS) is 19.5. The van der Waals surface area contributed by atoms with Gasteiger partial charge in [-0.05, 0) is 46.5 Å². The molecule has 0 unspecified atom stereocenters. The summed E-state index contributed by atoms with van der Waals surface area (Å²) in [4.78, 5) is 0. The SMILES string of the molecule is CC(C)S(=O)(=O)NC(C)(C)C1CC1. The summed E-state index contributed by atoms with van der Waals surface area (Å²) in [5.41, 5.74) is -0.261. The van der Waals surface area contributed by atoms with Gasteiger partial charge in [0.15, 0.2) is 0 Å². The van der Waals surface area contributed by atoms with E-state index in [4.69, 9.17) is 0 Å². The second-order valence-electron chi connectivity index (χ2n) is 4.69. The predicted octanol–water partition coefficient (Wildman–Crippen LogP) is 1.50. The zero-order valence-corrected chi connectivity index (χ0v) is 9.61. The molecule has 4 heteroatoms. The summed E-state index contributed by atoms with van der Waals surface area (Å²) < 4.78 is 25.9. The van der Waals surface area contributed by atoms with Crippen LogP contribution in [0.4, 0.5) is 0 Å². The maximum Gasteiger partial charge on any atom is 0.214 e. The molecule has 13 heavy (non-hydrogen) atoms. The lowest BCUT2D eigenvalue weighted by molar-refractivity contribution is 0.398. The van der Waals surface area contributed by atoms with E-state index in [-0.39, 0.29) is 10.8 Å². The van der Waals surface area contributed by atoms with Crippen molar-refractivity contribution in [2.24, 2.45) is 5.92 Å². The zero-order valence-electron chi connectivity index (χ0n) is 8.79. The molecule has 1 N–H and O–H groups in total. The Kier molecular flexibility index (Phi) is 2.74. The Labute approximate surface area is 81.0 Å². The molecule has 3 nitrogen and oxygen atoms in total. The maximum absolute atomic E-state index is 11.6. The average Bonchev–Trinajstić information content (AvgIpc) is 2.63. The predicted molar refractivity (Wildman–Crippen MR) is 54.0 cm³/mol. The molecule has 0 radical (unpaired) electrons. The van der Waals surface area contributed by atoms with Gasteiger partial charge in [0, 0.05) is 5.54 Å². The van der Waals surface area contributed by atoms with Gasteiger partial charge in [-0.2, -0.15) is 0 Å². The molecule has 1 aliphatic rings. The van der Waals surface area contributed by atoms with Crippen molar-refractivity contribution in [3.63, 3.8) is 0 Å². The van der Waals surface area contributed by atoms with Crippen molar-refractivity contribution >= 4 is 10.0 Å². The number of nitrogens with one attached hydrogen (secondary N) is 1. The first-order valence-corrected chi connectivity index (χ1v) is 6.33. The Balaban J connectivity index is 2.66. The fraction of sp³-hybridized carbons (Fsp3) is 1.00. The summed E-state index contributed by atoms with van der Waals surface area (Å²) >= 11 is 0. The van der Waals surface area contributed by atoms with Gasteiger partial charge in [-0.15, -0.1) is 0 Å². The van der Waals surface area contributed by atoms with E-state index < -0.39 is 10.0 Å². The van der Waals surface area contributed by atoms with Crippen molar-refractivity contribution < 1.29 is 8.42 Å². The van der Waals surface area contributed by atoms with Crippen LogP contribution in [0.5, 0.6) is 0 Å². The van der Waals surface area contributed by atoms with E-state index in [1.165, 1.54) is 0 Å².